The van der Waals surface area contributed by atoms with Crippen LogP contribution in [0, 0.1) is 0 Å². The maximum absolute atomic E-state index is 11.7. The van der Waals surface area contributed by atoms with Gasteiger partial charge < -0.3 is 18.8 Å². The van der Waals surface area contributed by atoms with Crippen molar-refractivity contribution in [3.63, 3.8) is 0 Å². The topological polar surface area (TPSA) is 93.1 Å². The van der Waals surface area contributed by atoms with E-state index in [0.717, 1.165) is 0 Å². The molecule has 0 saturated carbocycles. The molecule has 2 N–H and O–H groups in total. The van der Waals surface area contributed by atoms with Crippen LogP contribution in [-0.2, 0) is 18.2 Å². The van der Waals surface area contributed by atoms with Gasteiger partial charge in [0, 0.05) is 103 Å². The smallest absolute Gasteiger partial charge is 0.321 e. The number of rotatable bonds is 6. The van der Waals surface area contributed by atoms with E-state index < -0.39 is 15.2 Å². The van der Waals surface area contributed by atoms with Gasteiger partial charge in [-0.1, -0.05) is 0 Å². The predicted octanol–water partition coefficient (Wildman–Crippen LogP) is 0.619. The Kier molecular flexibility index (Phi) is 14.2. The van der Waals surface area contributed by atoms with Crippen molar-refractivity contribution in [2.75, 3.05) is 13.2 Å². The van der Waals surface area contributed by atoms with E-state index in [-0.39, 0.29) is 127 Å². The Bertz CT molecular complexity index is 448. The second-order valence-corrected chi connectivity index (χ2v) is 7.02. The van der Waals surface area contributed by atoms with Crippen molar-refractivity contribution in [3.8, 4) is 0 Å². The standard InChI is InChI=1S/C10H16O6P2.2K/c1-3-15-17(11,12)9-5-7-10(8-6-9)18(13,14)16-4-2;;/h5-8H,3-4H2,1-2H3,(H,11,12)(H,13,14);;. The summed E-state index contributed by atoms with van der Waals surface area (Å²) in [5.74, 6) is 0. The fourth-order valence-electron chi connectivity index (χ4n) is 1.33. The van der Waals surface area contributed by atoms with E-state index >= 15 is 0 Å². The van der Waals surface area contributed by atoms with Crippen LogP contribution >= 0.6 is 15.2 Å². The zero-order valence-corrected chi connectivity index (χ0v) is 20.2. The minimum Gasteiger partial charge on any atom is -0.321 e. The molecule has 0 aliphatic heterocycles. The monoisotopic (exact) mass is 372 g/mol. The first-order chi connectivity index (χ1) is 8.33. The zero-order valence-electron chi connectivity index (χ0n) is 12.1. The summed E-state index contributed by atoms with van der Waals surface area (Å²) >= 11 is 0. The molecule has 0 fully saturated rings. The number of hydrogen-bond acceptors (Lipinski definition) is 4. The van der Waals surface area contributed by atoms with Gasteiger partial charge in [0.2, 0.25) is 0 Å². The molecule has 0 spiro atoms. The summed E-state index contributed by atoms with van der Waals surface area (Å²) in [6, 6.07) is 5.14. The van der Waals surface area contributed by atoms with Crippen LogP contribution in [0.15, 0.2) is 24.3 Å². The van der Waals surface area contributed by atoms with Crippen LogP contribution in [-0.4, -0.2) is 126 Å². The number of hydrogen-bond donors (Lipinski definition) is 2. The first-order valence-corrected chi connectivity index (χ1v) is 8.55. The molecule has 0 amide bonds. The molecular formula is C10H16K2O6P2. The largest absolute Gasteiger partial charge is 0.358 e. The zero-order chi connectivity index (χ0) is 13.8. The summed E-state index contributed by atoms with van der Waals surface area (Å²) in [4.78, 5) is 19.1. The Morgan fingerprint density at radius 1 is 0.850 bits per heavy atom. The Labute approximate surface area is 203 Å². The van der Waals surface area contributed by atoms with Crippen molar-refractivity contribution in [3.05, 3.63) is 24.3 Å². The van der Waals surface area contributed by atoms with Crippen molar-refractivity contribution in [1.29, 1.82) is 0 Å². The van der Waals surface area contributed by atoms with E-state index in [0.29, 0.717) is 0 Å². The Morgan fingerprint density at radius 3 is 1.30 bits per heavy atom. The van der Waals surface area contributed by atoms with Gasteiger partial charge in [-0.25, -0.2) is 0 Å². The normalized spacial score (nSPS) is 16.2. The fourth-order valence-corrected chi connectivity index (χ4v) is 3.38. The third-order valence-corrected chi connectivity index (χ3v) is 5.23. The Morgan fingerprint density at radius 2 is 1.10 bits per heavy atom. The maximum atomic E-state index is 11.7. The van der Waals surface area contributed by atoms with Crippen molar-refractivity contribution in [2.24, 2.45) is 0 Å². The minimum atomic E-state index is -3.84. The molecule has 0 heterocycles. The van der Waals surface area contributed by atoms with Crippen LogP contribution in [0.3, 0.4) is 0 Å². The summed E-state index contributed by atoms with van der Waals surface area (Å²) in [5.41, 5.74) is 0. The summed E-state index contributed by atoms with van der Waals surface area (Å²) in [7, 11) is -7.69. The molecule has 1 rings (SSSR count). The molecule has 0 saturated heterocycles. The molecule has 20 heavy (non-hydrogen) atoms. The third kappa shape index (κ3) is 7.57. The average Bonchev–Trinajstić information content (AvgIpc) is 2.29. The summed E-state index contributed by atoms with van der Waals surface area (Å²) in [5, 5.41) is 0.147. The van der Waals surface area contributed by atoms with Gasteiger partial charge in [0.1, 0.15) is 0 Å². The van der Waals surface area contributed by atoms with E-state index in [1.54, 1.807) is 13.8 Å². The van der Waals surface area contributed by atoms with Crippen molar-refractivity contribution in [2.45, 2.75) is 13.8 Å². The van der Waals surface area contributed by atoms with Crippen LogP contribution in [0.4, 0.5) is 0 Å². The molecule has 1 aromatic carbocycles. The van der Waals surface area contributed by atoms with Gasteiger partial charge in [-0.15, -0.1) is 0 Å². The quantitative estimate of drug-likeness (QED) is 0.562. The summed E-state index contributed by atoms with van der Waals surface area (Å²) in [6.45, 7) is 3.42. The van der Waals surface area contributed by atoms with Gasteiger partial charge in [-0.3, -0.25) is 9.13 Å². The van der Waals surface area contributed by atoms with Crippen molar-refractivity contribution in [1.82, 2.24) is 0 Å². The molecule has 0 aromatic heterocycles. The second kappa shape index (κ2) is 11.4. The number of benzene rings is 1. The van der Waals surface area contributed by atoms with Crippen LogP contribution in [0.2, 0.25) is 0 Å². The molecule has 0 bridgehead atoms. The molecule has 104 valence electrons. The van der Waals surface area contributed by atoms with Crippen LogP contribution in [0.25, 0.3) is 0 Å². The van der Waals surface area contributed by atoms with Crippen LogP contribution in [0.5, 0.6) is 0 Å². The molecule has 6 nitrogen and oxygen atoms in total. The molecule has 0 aliphatic carbocycles. The van der Waals surface area contributed by atoms with Crippen LogP contribution in [0.1, 0.15) is 13.8 Å². The van der Waals surface area contributed by atoms with Gasteiger partial charge in [-0.2, -0.15) is 0 Å². The van der Waals surface area contributed by atoms with E-state index in [4.69, 9.17) is 9.05 Å². The minimum absolute atomic E-state index is 0. The van der Waals surface area contributed by atoms with E-state index in [9.17, 15) is 18.9 Å². The van der Waals surface area contributed by atoms with Gasteiger partial charge in [0.15, 0.2) is 0 Å². The fraction of sp³-hybridized carbons (Fsp3) is 0.400. The van der Waals surface area contributed by atoms with Gasteiger partial charge in [0.05, 0.1) is 23.8 Å². The SMILES string of the molecule is CCOP(=O)(O)c1ccc(P(=O)(O)OCC)cc1.[K].[K]. The molecular weight excluding hydrogens is 356 g/mol. The predicted molar refractivity (Wildman–Crippen MR) is 80.1 cm³/mol. The molecule has 10 heteroatoms. The Balaban J connectivity index is 0. The molecule has 1 aromatic rings. The van der Waals surface area contributed by atoms with Crippen molar-refractivity contribution < 1.29 is 28.0 Å². The molecule has 0 aliphatic rings. The van der Waals surface area contributed by atoms with E-state index in [1.807, 2.05) is 0 Å². The summed E-state index contributed by atoms with van der Waals surface area (Å²) < 4.78 is 32.8. The van der Waals surface area contributed by atoms with Gasteiger partial charge in [-0.05, 0) is 38.1 Å². The van der Waals surface area contributed by atoms with Crippen LogP contribution < -0.4 is 10.6 Å². The van der Waals surface area contributed by atoms with Gasteiger partial charge in [0.25, 0.3) is 0 Å². The second-order valence-electron chi connectivity index (χ2n) is 3.39. The van der Waals surface area contributed by atoms with E-state index in [2.05, 4.69) is 0 Å². The molecule has 2 unspecified atom stereocenters. The average molecular weight is 372 g/mol. The van der Waals surface area contributed by atoms with Gasteiger partial charge >= 0.3 is 15.2 Å². The molecule has 2 atom stereocenters. The first-order valence-electron chi connectivity index (χ1n) is 5.39. The van der Waals surface area contributed by atoms with Crippen molar-refractivity contribution >= 4 is 129 Å². The first kappa shape index (κ1) is 25.0. The maximum Gasteiger partial charge on any atom is 0.358 e. The summed E-state index contributed by atoms with van der Waals surface area (Å²) in [6.07, 6.45) is 0. The molecule has 2 radical (unpaired) electrons. The third-order valence-electron chi connectivity index (χ3n) is 2.11. The Hall–Kier alpha value is 2.79. The van der Waals surface area contributed by atoms with E-state index in [1.165, 1.54) is 24.3 Å².